The van der Waals surface area contributed by atoms with Crippen LogP contribution in [0.3, 0.4) is 0 Å². The minimum absolute atomic E-state index is 0.666. The molecular weight excluding hydrogens is 282 g/mol. The Labute approximate surface area is 128 Å². The van der Waals surface area contributed by atoms with Gasteiger partial charge in [-0.15, -0.1) is 11.3 Å². The van der Waals surface area contributed by atoms with E-state index in [1.165, 1.54) is 11.3 Å². The van der Waals surface area contributed by atoms with Crippen molar-refractivity contribution >= 4 is 16.3 Å². The van der Waals surface area contributed by atoms with Gasteiger partial charge >= 0.3 is 0 Å². The molecule has 0 aliphatic heterocycles. The molecular formula is C15H21N5S. The normalized spacial score (nSPS) is 11.8. The van der Waals surface area contributed by atoms with Crippen LogP contribution in [0.2, 0.25) is 0 Å². The monoisotopic (exact) mass is 303 g/mol. The maximum absolute atomic E-state index is 4.61. The van der Waals surface area contributed by atoms with Crippen molar-refractivity contribution in [3.63, 3.8) is 0 Å². The van der Waals surface area contributed by atoms with Crippen molar-refractivity contribution in [1.82, 2.24) is 24.5 Å². The van der Waals surface area contributed by atoms with Crippen molar-refractivity contribution in [3.05, 3.63) is 40.9 Å². The number of fused-ring (bicyclic) bond motifs is 1. The van der Waals surface area contributed by atoms with Crippen LogP contribution in [0.1, 0.15) is 30.8 Å². The van der Waals surface area contributed by atoms with E-state index in [1.54, 1.807) is 11.3 Å². The zero-order valence-corrected chi connectivity index (χ0v) is 13.5. The summed E-state index contributed by atoms with van der Waals surface area (Å²) in [5, 5.41) is 10.0. The molecule has 3 aromatic heterocycles. The van der Waals surface area contributed by atoms with Gasteiger partial charge in [-0.1, -0.05) is 13.8 Å². The third kappa shape index (κ3) is 3.16. The quantitative estimate of drug-likeness (QED) is 0.761. The topological polar surface area (TPSA) is 47.2 Å². The second kappa shape index (κ2) is 5.99. The third-order valence-electron chi connectivity index (χ3n) is 3.53. The van der Waals surface area contributed by atoms with E-state index in [1.807, 2.05) is 22.5 Å². The Morgan fingerprint density at radius 2 is 2.24 bits per heavy atom. The molecule has 6 heteroatoms. The first-order chi connectivity index (χ1) is 10.1. The lowest BCUT2D eigenvalue weighted by atomic mass is 10.2. The Bertz CT molecular complexity index is 693. The van der Waals surface area contributed by atoms with Crippen molar-refractivity contribution < 1.29 is 0 Å². The Balaban J connectivity index is 1.68. The van der Waals surface area contributed by atoms with Gasteiger partial charge in [0.05, 0.1) is 18.4 Å². The maximum Gasteiger partial charge on any atom is 0.193 e. The lowest BCUT2D eigenvalue weighted by Gasteiger charge is -2.07. The van der Waals surface area contributed by atoms with Gasteiger partial charge in [-0.05, 0) is 19.4 Å². The number of thiazole rings is 1. The van der Waals surface area contributed by atoms with Gasteiger partial charge in [-0.25, -0.2) is 4.98 Å². The fourth-order valence-electron chi connectivity index (χ4n) is 2.32. The van der Waals surface area contributed by atoms with Crippen molar-refractivity contribution in [2.75, 3.05) is 6.54 Å². The molecule has 0 aromatic carbocycles. The molecule has 0 aliphatic carbocycles. The molecule has 0 saturated carbocycles. The van der Waals surface area contributed by atoms with Gasteiger partial charge in [-0.2, -0.15) is 5.10 Å². The minimum Gasteiger partial charge on any atom is -0.312 e. The highest BCUT2D eigenvalue weighted by Crippen LogP contribution is 2.14. The summed E-state index contributed by atoms with van der Waals surface area (Å²) in [6.07, 6.45) is 6.07. The highest BCUT2D eigenvalue weighted by atomic mass is 32.1. The highest BCUT2D eigenvalue weighted by molar-refractivity contribution is 7.15. The van der Waals surface area contributed by atoms with Crippen LogP contribution in [0.4, 0.5) is 0 Å². The Morgan fingerprint density at radius 3 is 3.00 bits per heavy atom. The molecule has 3 aromatic rings. The summed E-state index contributed by atoms with van der Waals surface area (Å²) in [5.74, 6) is 0.666. The molecule has 3 rings (SSSR count). The van der Waals surface area contributed by atoms with Crippen LogP contribution >= 0.6 is 11.3 Å². The molecule has 5 nitrogen and oxygen atoms in total. The summed E-state index contributed by atoms with van der Waals surface area (Å²) in [4.78, 5) is 5.64. The summed E-state index contributed by atoms with van der Waals surface area (Å²) in [7, 11) is 0. The smallest absolute Gasteiger partial charge is 0.193 e. The van der Waals surface area contributed by atoms with Crippen molar-refractivity contribution in [1.29, 1.82) is 0 Å². The van der Waals surface area contributed by atoms with Crippen LogP contribution in [0, 0.1) is 12.8 Å². The molecule has 0 bridgehead atoms. The zero-order chi connectivity index (χ0) is 14.8. The lowest BCUT2D eigenvalue weighted by molar-refractivity contribution is 0.550. The molecule has 1 N–H and O–H groups in total. The SMILES string of the molecule is Cc1c(CNCC(C)C)cnn1Cc1cn2ccsc2n1. The van der Waals surface area contributed by atoms with Crippen LogP contribution in [0.5, 0.6) is 0 Å². The summed E-state index contributed by atoms with van der Waals surface area (Å²) in [5.41, 5.74) is 3.52. The van der Waals surface area contributed by atoms with Gasteiger partial charge < -0.3 is 5.32 Å². The van der Waals surface area contributed by atoms with E-state index in [-0.39, 0.29) is 0 Å². The van der Waals surface area contributed by atoms with E-state index in [2.05, 4.69) is 46.8 Å². The molecule has 0 amide bonds. The van der Waals surface area contributed by atoms with Gasteiger partial charge in [0, 0.05) is 35.6 Å². The molecule has 0 unspecified atom stereocenters. The summed E-state index contributed by atoms with van der Waals surface area (Å²) in [6.45, 7) is 9.19. The van der Waals surface area contributed by atoms with Gasteiger partial charge in [-0.3, -0.25) is 9.08 Å². The molecule has 0 aliphatic rings. The van der Waals surface area contributed by atoms with E-state index in [9.17, 15) is 0 Å². The van der Waals surface area contributed by atoms with Crippen molar-refractivity contribution in [2.45, 2.75) is 33.9 Å². The number of imidazole rings is 1. The lowest BCUT2D eigenvalue weighted by Crippen LogP contribution is -2.19. The van der Waals surface area contributed by atoms with Crippen molar-refractivity contribution in [3.8, 4) is 0 Å². The molecule has 0 atom stereocenters. The first-order valence-electron chi connectivity index (χ1n) is 7.26. The molecule has 0 spiro atoms. The molecule has 112 valence electrons. The molecule has 0 fully saturated rings. The van der Waals surface area contributed by atoms with E-state index < -0.39 is 0 Å². The Kier molecular flexibility index (Phi) is 4.07. The fraction of sp³-hybridized carbons (Fsp3) is 0.467. The minimum atomic E-state index is 0.666. The number of rotatable bonds is 6. The van der Waals surface area contributed by atoms with E-state index >= 15 is 0 Å². The van der Waals surface area contributed by atoms with Crippen LogP contribution < -0.4 is 5.32 Å². The van der Waals surface area contributed by atoms with Crippen LogP contribution in [0.15, 0.2) is 24.0 Å². The summed E-state index contributed by atoms with van der Waals surface area (Å²) >= 11 is 1.65. The highest BCUT2D eigenvalue weighted by Gasteiger charge is 2.09. The number of nitrogens with zero attached hydrogens (tertiary/aromatic N) is 4. The summed E-state index contributed by atoms with van der Waals surface area (Å²) in [6, 6.07) is 0. The number of aromatic nitrogens is 4. The predicted molar refractivity (Wildman–Crippen MR) is 85.7 cm³/mol. The maximum atomic E-state index is 4.61. The number of hydrogen-bond donors (Lipinski definition) is 1. The second-order valence-electron chi connectivity index (χ2n) is 5.76. The first kappa shape index (κ1) is 14.3. The first-order valence-corrected chi connectivity index (χ1v) is 8.14. The molecule has 0 radical (unpaired) electrons. The zero-order valence-electron chi connectivity index (χ0n) is 12.7. The molecule has 3 heterocycles. The van der Waals surface area contributed by atoms with Gasteiger partial charge in [0.25, 0.3) is 0 Å². The third-order valence-corrected chi connectivity index (χ3v) is 4.30. The summed E-state index contributed by atoms with van der Waals surface area (Å²) < 4.78 is 4.09. The van der Waals surface area contributed by atoms with Crippen molar-refractivity contribution in [2.24, 2.45) is 5.92 Å². The van der Waals surface area contributed by atoms with E-state index in [0.29, 0.717) is 5.92 Å². The Morgan fingerprint density at radius 1 is 1.38 bits per heavy atom. The second-order valence-corrected chi connectivity index (χ2v) is 6.64. The fourth-order valence-corrected chi connectivity index (χ4v) is 3.04. The average Bonchev–Trinajstić information content (AvgIpc) is 3.08. The van der Waals surface area contributed by atoms with E-state index in [0.717, 1.165) is 30.3 Å². The van der Waals surface area contributed by atoms with Gasteiger partial charge in [0.2, 0.25) is 0 Å². The van der Waals surface area contributed by atoms with E-state index in [4.69, 9.17) is 0 Å². The molecule has 21 heavy (non-hydrogen) atoms. The standard InChI is InChI=1S/C15H21N5S/c1-11(2)6-16-7-13-8-17-20(12(13)3)10-14-9-19-4-5-21-15(19)18-14/h4-5,8-9,11,16H,6-7,10H2,1-3H3. The largest absolute Gasteiger partial charge is 0.312 e. The molecule has 0 saturated heterocycles. The van der Waals surface area contributed by atoms with Crippen LogP contribution in [-0.4, -0.2) is 25.7 Å². The van der Waals surface area contributed by atoms with Crippen LogP contribution in [0.25, 0.3) is 4.96 Å². The predicted octanol–water partition coefficient (Wildman–Crippen LogP) is 2.69. The van der Waals surface area contributed by atoms with Gasteiger partial charge in [0.1, 0.15) is 0 Å². The average molecular weight is 303 g/mol. The van der Waals surface area contributed by atoms with Crippen LogP contribution in [-0.2, 0) is 13.1 Å². The van der Waals surface area contributed by atoms with Gasteiger partial charge in [0.15, 0.2) is 4.96 Å². The number of nitrogens with one attached hydrogen (secondary N) is 1. The Hall–Kier alpha value is -1.66. The number of hydrogen-bond acceptors (Lipinski definition) is 4.